The van der Waals surface area contributed by atoms with Gasteiger partial charge in [0, 0.05) is 16.6 Å². The fourth-order valence-electron chi connectivity index (χ4n) is 2.65. The highest BCUT2D eigenvalue weighted by atomic mass is 32.1. The SMILES string of the molecule is Cc1cccc(Nc2nc(-c3ccc(-c4ccccc4)cc3)cs2)n1. The molecule has 0 saturated heterocycles. The Hall–Kier alpha value is -2.98. The molecule has 3 nitrogen and oxygen atoms in total. The van der Waals surface area contributed by atoms with Gasteiger partial charge in [-0.15, -0.1) is 11.3 Å². The maximum Gasteiger partial charge on any atom is 0.188 e. The van der Waals surface area contributed by atoms with Crippen LogP contribution in [0.5, 0.6) is 0 Å². The molecule has 0 aliphatic heterocycles. The first-order valence-electron chi connectivity index (χ1n) is 8.10. The van der Waals surface area contributed by atoms with Gasteiger partial charge in [-0.05, 0) is 30.2 Å². The van der Waals surface area contributed by atoms with Gasteiger partial charge in [0.15, 0.2) is 5.13 Å². The van der Waals surface area contributed by atoms with E-state index in [2.05, 4.69) is 69.2 Å². The Kier molecular flexibility index (Phi) is 4.27. The molecule has 0 atom stereocenters. The van der Waals surface area contributed by atoms with Crippen molar-refractivity contribution in [3.63, 3.8) is 0 Å². The lowest BCUT2D eigenvalue weighted by Gasteiger charge is -2.03. The average Bonchev–Trinajstić information content (AvgIpc) is 3.11. The molecule has 2 aromatic carbocycles. The predicted molar refractivity (Wildman–Crippen MR) is 105 cm³/mol. The minimum Gasteiger partial charge on any atom is -0.316 e. The third-order valence-corrected chi connectivity index (χ3v) is 4.67. The van der Waals surface area contributed by atoms with Crippen molar-refractivity contribution in [2.75, 3.05) is 5.32 Å². The molecule has 2 aromatic heterocycles. The van der Waals surface area contributed by atoms with Crippen molar-refractivity contribution in [3.05, 3.63) is 83.9 Å². The second-order valence-electron chi connectivity index (χ2n) is 5.77. The van der Waals surface area contributed by atoms with Crippen molar-refractivity contribution in [1.82, 2.24) is 9.97 Å². The van der Waals surface area contributed by atoms with E-state index in [4.69, 9.17) is 0 Å². The lowest BCUT2D eigenvalue weighted by molar-refractivity contribution is 1.19. The number of pyridine rings is 1. The minimum atomic E-state index is 0.820. The first-order chi connectivity index (χ1) is 12.3. The Morgan fingerprint density at radius 3 is 2.20 bits per heavy atom. The summed E-state index contributed by atoms with van der Waals surface area (Å²) >= 11 is 1.58. The number of nitrogens with one attached hydrogen (secondary N) is 1. The fraction of sp³-hybridized carbons (Fsp3) is 0.0476. The van der Waals surface area contributed by atoms with Gasteiger partial charge in [-0.25, -0.2) is 9.97 Å². The molecule has 0 spiro atoms. The molecule has 0 bridgehead atoms. The van der Waals surface area contributed by atoms with Gasteiger partial charge in [0.1, 0.15) is 5.82 Å². The van der Waals surface area contributed by atoms with Crippen LogP contribution in [0.3, 0.4) is 0 Å². The van der Waals surface area contributed by atoms with Crippen LogP contribution in [0.4, 0.5) is 10.9 Å². The smallest absolute Gasteiger partial charge is 0.188 e. The van der Waals surface area contributed by atoms with E-state index in [0.29, 0.717) is 0 Å². The number of hydrogen-bond donors (Lipinski definition) is 1. The van der Waals surface area contributed by atoms with Crippen molar-refractivity contribution < 1.29 is 0 Å². The quantitative estimate of drug-likeness (QED) is 0.499. The molecule has 2 heterocycles. The van der Waals surface area contributed by atoms with Crippen LogP contribution in [0.1, 0.15) is 5.69 Å². The summed E-state index contributed by atoms with van der Waals surface area (Å²) in [4.78, 5) is 9.13. The molecule has 0 unspecified atom stereocenters. The van der Waals surface area contributed by atoms with Gasteiger partial charge in [-0.3, -0.25) is 0 Å². The minimum absolute atomic E-state index is 0.820. The molecule has 0 fully saturated rings. The molecule has 0 saturated carbocycles. The Balaban J connectivity index is 1.54. The number of rotatable bonds is 4. The summed E-state index contributed by atoms with van der Waals surface area (Å²) < 4.78 is 0. The second-order valence-corrected chi connectivity index (χ2v) is 6.63. The van der Waals surface area contributed by atoms with Crippen molar-refractivity contribution in [2.24, 2.45) is 0 Å². The number of hydrogen-bond acceptors (Lipinski definition) is 4. The molecule has 0 radical (unpaired) electrons. The van der Waals surface area contributed by atoms with Crippen molar-refractivity contribution in [3.8, 4) is 22.4 Å². The first kappa shape index (κ1) is 15.5. The second kappa shape index (κ2) is 6.87. The maximum atomic E-state index is 4.68. The van der Waals surface area contributed by atoms with E-state index in [0.717, 1.165) is 27.9 Å². The molecule has 25 heavy (non-hydrogen) atoms. The van der Waals surface area contributed by atoms with Crippen LogP contribution in [-0.2, 0) is 0 Å². The maximum absolute atomic E-state index is 4.68. The van der Waals surface area contributed by atoms with E-state index < -0.39 is 0 Å². The highest BCUT2D eigenvalue weighted by Crippen LogP contribution is 2.28. The van der Waals surface area contributed by atoms with E-state index in [1.165, 1.54) is 11.1 Å². The lowest BCUT2D eigenvalue weighted by atomic mass is 10.0. The Morgan fingerprint density at radius 2 is 1.44 bits per heavy atom. The van der Waals surface area contributed by atoms with Gasteiger partial charge in [-0.2, -0.15) is 0 Å². The fourth-order valence-corrected chi connectivity index (χ4v) is 3.38. The summed E-state index contributed by atoms with van der Waals surface area (Å²) in [7, 11) is 0. The molecule has 4 rings (SSSR count). The molecule has 4 heteroatoms. The number of aromatic nitrogens is 2. The Morgan fingerprint density at radius 1 is 0.720 bits per heavy atom. The largest absolute Gasteiger partial charge is 0.316 e. The summed E-state index contributed by atoms with van der Waals surface area (Å²) in [5.41, 5.74) is 5.50. The van der Waals surface area contributed by atoms with Crippen LogP contribution in [0.25, 0.3) is 22.4 Å². The summed E-state index contributed by atoms with van der Waals surface area (Å²) in [6, 6.07) is 24.8. The third-order valence-electron chi connectivity index (χ3n) is 3.92. The van der Waals surface area contributed by atoms with Gasteiger partial charge >= 0.3 is 0 Å². The molecule has 0 aliphatic rings. The van der Waals surface area contributed by atoms with Crippen LogP contribution in [0.15, 0.2) is 78.2 Å². The number of thiazole rings is 1. The molecular weight excluding hydrogens is 326 g/mol. The highest BCUT2D eigenvalue weighted by Gasteiger charge is 2.06. The third kappa shape index (κ3) is 3.59. The topological polar surface area (TPSA) is 37.8 Å². The molecule has 0 amide bonds. The number of anilines is 2. The summed E-state index contributed by atoms with van der Waals surface area (Å²) in [6.45, 7) is 1.98. The standard InChI is InChI=1S/C21H17N3S/c1-15-6-5-9-20(22-15)24-21-23-19(14-25-21)18-12-10-17(11-13-18)16-7-3-2-4-8-16/h2-14H,1H3,(H,22,23,24). The van der Waals surface area contributed by atoms with E-state index in [1.54, 1.807) is 11.3 Å². The summed E-state index contributed by atoms with van der Waals surface area (Å²) in [5.74, 6) is 0.820. The number of benzene rings is 2. The van der Waals surface area contributed by atoms with Crippen LogP contribution < -0.4 is 5.32 Å². The number of nitrogens with zero attached hydrogens (tertiary/aromatic N) is 2. The Bertz CT molecular complexity index is 975. The number of aryl methyl sites for hydroxylation is 1. The average molecular weight is 343 g/mol. The van der Waals surface area contributed by atoms with Gasteiger partial charge in [0.05, 0.1) is 5.69 Å². The predicted octanol–water partition coefficient (Wildman–Crippen LogP) is 5.92. The van der Waals surface area contributed by atoms with Crippen LogP contribution in [-0.4, -0.2) is 9.97 Å². The normalized spacial score (nSPS) is 10.6. The van der Waals surface area contributed by atoms with Crippen LogP contribution >= 0.6 is 11.3 Å². The monoisotopic (exact) mass is 343 g/mol. The van der Waals surface area contributed by atoms with E-state index in [9.17, 15) is 0 Å². The van der Waals surface area contributed by atoms with E-state index in [1.807, 2.05) is 31.2 Å². The molecule has 122 valence electrons. The van der Waals surface area contributed by atoms with Crippen LogP contribution in [0, 0.1) is 6.92 Å². The lowest BCUT2D eigenvalue weighted by Crippen LogP contribution is -1.93. The van der Waals surface area contributed by atoms with Crippen molar-refractivity contribution in [1.29, 1.82) is 0 Å². The first-order valence-corrected chi connectivity index (χ1v) is 8.98. The molecule has 4 aromatic rings. The van der Waals surface area contributed by atoms with Crippen molar-refractivity contribution >= 4 is 22.3 Å². The Labute approximate surface area is 151 Å². The molecule has 0 aliphatic carbocycles. The van der Waals surface area contributed by atoms with Crippen LogP contribution in [0.2, 0.25) is 0 Å². The molecular formula is C21H17N3S. The van der Waals surface area contributed by atoms with E-state index in [-0.39, 0.29) is 0 Å². The summed E-state index contributed by atoms with van der Waals surface area (Å²) in [6.07, 6.45) is 0. The van der Waals surface area contributed by atoms with Gasteiger partial charge in [0.25, 0.3) is 0 Å². The zero-order valence-electron chi connectivity index (χ0n) is 13.8. The highest BCUT2D eigenvalue weighted by molar-refractivity contribution is 7.14. The molecule has 1 N–H and O–H groups in total. The van der Waals surface area contributed by atoms with Gasteiger partial charge < -0.3 is 5.32 Å². The van der Waals surface area contributed by atoms with Gasteiger partial charge in [-0.1, -0.05) is 60.7 Å². The zero-order valence-corrected chi connectivity index (χ0v) is 14.6. The summed E-state index contributed by atoms with van der Waals surface area (Å²) in [5, 5.41) is 6.18. The zero-order chi connectivity index (χ0) is 17.1. The van der Waals surface area contributed by atoms with Crippen molar-refractivity contribution in [2.45, 2.75) is 6.92 Å². The van der Waals surface area contributed by atoms with E-state index >= 15 is 0 Å². The van der Waals surface area contributed by atoms with Gasteiger partial charge in [0.2, 0.25) is 0 Å².